The molecule has 0 aliphatic rings. The maximum atomic E-state index is 6.84. The summed E-state index contributed by atoms with van der Waals surface area (Å²) in [4.78, 5) is 0. The molecular formula is C113H114N8O. The molecule has 122 heavy (non-hydrogen) atoms. The molecule has 16 aromatic rings. The van der Waals surface area contributed by atoms with E-state index in [2.05, 4.69) is 378 Å². The molecule has 612 valence electrons. The van der Waals surface area contributed by atoms with Gasteiger partial charge in [0.15, 0.2) is 0 Å². The van der Waals surface area contributed by atoms with Crippen molar-refractivity contribution in [1.82, 2.24) is 0 Å². The van der Waals surface area contributed by atoms with Crippen LogP contribution in [0.25, 0.3) is 44.5 Å². The molecule has 0 unspecified atom stereocenters. The van der Waals surface area contributed by atoms with Gasteiger partial charge in [0.05, 0.1) is 55.4 Å². The van der Waals surface area contributed by atoms with Crippen LogP contribution in [0.15, 0.2) is 419 Å². The molecule has 9 heteroatoms. The van der Waals surface area contributed by atoms with Gasteiger partial charge in [-0.05, 0) is 160 Å². The van der Waals surface area contributed by atoms with Crippen molar-refractivity contribution in [3.8, 4) is 50.3 Å². The quantitative estimate of drug-likeness (QED) is 0.0251. The molecule has 0 fully saturated rings. The average Bonchev–Trinajstić information content (AvgIpc) is 0.816. The molecule has 0 saturated heterocycles. The lowest BCUT2D eigenvalue weighted by Gasteiger charge is -2.28. The summed E-state index contributed by atoms with van der Waals surface area (Å²) in [6.45, 7) is 12.9. The van der Waals surface area contributed by atoms with Crippen LogP contribution in [0, 0.1) is 27.7 Å². The number of rotatable bonds is 27. The average molecular weight is 1600 g/mol. The Hall–Kier alpha value is -13.6. The van der Waals surface area contributed by atoms with Crippen LogP contribution < -0.4 is 48.9 Å². The van der Waals surface area contributed by atoms with Crippen LogP contribution in [0.2, 0.25) is 0 Å². The van der Waals surface area contributed by atoms with Gasteiger partial charge in [-0.1, -0.05) is 413 Å². The van der Waals surface area contributed by atoms with E-state index in [1.54, 1.807) is 7.11 Å². The topological polar surface area (TPSA) is 161 Å². The van der Waals surface area contributed by atoms with Crippen LogP contribution in [0.4, 0.5) is 22.7 Å². The van der Waals surface area contributed by atoms with Gasteiger partial charge in [0.2, 0.25) is 0 Å². The molecule has 0 saturated carbocycles. The van der Waals surface area contributed by atoms with Gasteiger partial charge in [-0.15, -0.1) is 0 Å². The second-order valence-electron chi connectivity index (χ2n) is 31.3. The summed E-state index contributed by atoms with van der Waals surface area (Å²) in [7, 11) is 1.70. The zero-order chi connectivity index (χ0) is 84.9. The highest BCUT2D eigenvalue weighted by atomic mass is 16.5. The van der Waals surface area contributed by atoms with Crippen molar-refractivity contribution in [3.05, 3.63) is 496 Å². The highest BCUT2D eigenvalue weighted by molar-refractivity contribution is 5.83. The van der Waals surface area contributed by atoms with E-state index >= 15 is 0 Å². The molecule has 0 amide bonds. The van der Waals surface area contributed by atoms with Crippen molar-refractivity contribution in [2.75, 3.05) is 28.4 Å². The molecule has 0 radical (unpaired) electrons. The molecule has 0 spiro atoms. The molecule has 12 N–H and O–H groups in total. The predicted octanol–water partition coefficient (Wildman–Crippen LogP) is 27.2. The second-order valence-corrected chi connectivity index (χ2v) is 31.3. The lowest BCUT2D eigenvalue weighted by atomic mass is 9.92. The van der Waals surface area contributed by atoms with Crippen molar-refractivity contribution < 1.29 is 4.74 Å². The van der Waals surface area contributed by atoms with Crippen LogP contribution in [0.3, 0.4) is 0 Å². The Kier molecular flexibility index (Phi) is 30.6. The number of ether oxygens (including phenoxy) is 1. The van der Waals surface area contributed by atoms with Crippen molar-refractivity contribution in [2.24, 2.45) is 22.9 Å². The van der Waals surface area contributed by atoms with Gasteiger partial charge < -0.3 is 48.9 Å². The number of hydrogen-bond donors (Lipinski definition) is 8. The van der Waals surface area contributed by atoms with Gasteiger partial charge in [-0.3, -0.25) is 0 Å². The highest BCUT2D eigenvalue weighted by Crippen LogP contribution is 2.42. The zero-order valence-corrected chi connectivity index (χ0v) is 71.1. The van der Waals surface area contributed by atoms with E-state index < -0.39 is 0 Å². The number of aryl methyl sites for hydroxylation is 6. The van der Waals surface area contributed by atoms with E-state index in [1.165, 1.54) is 77.9 Å². The van der Waals surface area contributed by atoms with Crippen LogP contribution in [0.1, 0.15) is 140 Å². The highest BCUT2D eigenvalue weighted by Gasteiger charge is 2.28. The third kappa shape index (κ3) is 23.0. The summed E-state index contributed by atoms with van der Waals surface area (Å²) in [5.74, 6) is 0.852. The Morgan fingerprint density at radius 1 is 0.221 bits per heavy atom. The van der Waals surface area contributed by atoms with Crippen LogP contribution >= 0.6 is 0 Å². The van der Waals surface area contributed by atoms with Crippen LogP contribution in [-0.2, 0) is 12.8 Å². The van der Waals surface area contributed by atoms with Crippen molar-refractivity contribution in [1.29, 1.82) is 0 Å². The van der Waals surface area contributed by atoms with E-state index in [4.69, 9.17) is 27.7 Å². The fourth-order valence-electron chi connectivity index (χ4n) is 16.0. The number of hydrogen-bond acceptors (Lipinski definition) is 9. The van der Waals surface area contributed by atoms with Crippen LogP contribution in [-0.4, -0.2) is 7.11 Å². The third-order valence-electron chi connectivity index (χ3n) is 22.4. The van der Waals surface area contributed by atoms with Gasteiger partial charge in [0.1, 0.15) is 5.75 Å². The number of para-hydroxylation sites is 4. The molecule has 0 aliphatic heterocycles. The van der Waals surface area contributed by atoms with Gasteiger partial charge >= 0.3 is 0 Å². The summed E-state index contributed by atoms with van der Waals surface area (Å²) in [6, 6.07) is 144. The Bertz CT molecular complexity index is 5820. The Balaban J connectivity index is 0.000000140. The smallest absolute Gasteiger partial charge is 0.119 e. The molecule has 16 rings (SSSR count). The van der Waals surface area contributed by atoms with E-state index in [1.807, 2.05) is 103 Å². The normalized spacial score (nSPS) is 12.8. The van der Waals surface area contributed by atoms with Crippen LogP contribution in [0.5, 0.6) is 5.75 Å². The number of anilines is 4. The van der Waals surface area contributed by atoms with E-state index in [9.17, 15) is 0 Å². The standard InChI is InChI=1S/C30H32N2.C28H28N2O.C28H28N2.C27H26N2/c1-3-22-19-23(4-2)21-26(20-22)27-17-11-12-18-28(27)32-30(25-15-9-6-10-16-25)29(31)24-13-7-5-8-14-24;1-20-17-23(19-24(18-20)31-2)25-15-9-10-16-26(25)30-28(22-13-7-4-8-14-22)27(29)21-11-5-3-6-12-21;1-20-17-21(2)19-24(18-20)25-15-9-10-16-26(25)30-28(23-13-7-4-8-14-23)27(29)22-11-5-3-6-12-22;1-20-16-18-21(19-17-20)24-14-8-9-15-25(24)29-27(23-12-6-3-7-13-23)26(28)22-10-4-2-5-11-22/h5-21,29-30,32H,3-4,31H2,1-2H3;3-19,27-28,30H,29H2,1-2H3;3-19,27-28,30H,29H2,1-2H3;2-19,26-27,29H,28H2,1H3/t29-,30-;2*27-,28-;26-,27-/m0000/s1. The summed E-state index contributed by atoms with van der Waals surface area (Å²) in [5, 5.41) is 15.1. The molecular weight excluding hydrogens is 1490 g/mol. The molecule has 16 aromatic carbocycles. The number of methoxy groups -OCH3 is 1. The molecule has 0 bridgehead atoms. The van der Waals surface area contributed by atoms with Crippen molar-refractivity contribution in [2.45, 2.75) is 103 Å². The lowest BCUT2D eigenvalue weighted by Crippen LogP contribution is -2.26. The minimum Gasteiger partial charge on any atom is -0.497 e. The first-order chi connectivity index (χ1) is 59.7. The first kappa shape index (κ1) is 86.2. The Morgan fingerprint density at radius 3 is 0.721 bits per heavy atom. The van der Waals surface area contributed by atoms with E-state index in [-0.39, 0.29) is 48.3 Å². The first-order valence-electron chi connectivity index (χ1n) is 42.5. The first-order valence-corrected chi connectivity index (χ1v) is 42.5. The molecule has 0 aromatic heterocycles. The summed E-state index contributed by atoms with van der Waals surface area (Å²) in [6.07, 6.45) is 2.06. The monoisotopic (exact) mass is 1600 g/mol. The van der Waals surface area contributed by atoms with Gasteiger partial charge in [0.25, 0.3) is 0 Å². The maximum Gasteiger partial charge on any atom is 0.119 e. The maximum absolute atomic E-state index is 6.84. The van der Waals surface area contributed by atoms with Crippen molar-refractivity contribution in [3.63, 3.8) is 0 Å². The summed E-state index contributed by atoms with van der Waals surface area (Å²) < 4.78 is 5.50. The summed E-state index contributed by atoms with van der Waals surface area (Å²) >= 11 is 0. The molecule has 8 atom stereocenters. The van der Waals surface area contributed by atoms with Gasteiger partial charge in [0, 0.05) is 45.0 Å². The molecule has 0 heterocycles. The molecule has 0 aliphatic carbocycles. The van der Waals surface area contributed by atoms with Gasteiger partial charge in [-0.2, -0.15) is 0 Å². The Labute approximate surface area is 723 Å². The van der Waals surface area contributed by atoms with Gasteiger partial charge in [-0.25, -0.2) is 0 Å². The zero-order valence-electron chi connectivity index (χ0n) is 71.1. The van der Waals surface area contributed by atoms with E-state index in [0.29, 0.717) is 0 Å². The third-order valence-corrected chi connectivity index (χ3v) is 22.4. The van der Waals surface area contributed by atoms with Crippen molar-refractivity contribution >= 4 is 22.7 Å². The lowest BCUT2D eigenvalue weighted by molar-refractivity contribution is 0.414. The largest absolute Gasteiger partial charge is 0.497 e. The minimum atomic E-state index is -0.205. The van der Waals surface area contributed by atoms with E-state index in [0.717, 1.165) is 85.8 Å². The second kappa shape index (κ2) is 43.4. The minimum absolute atomic E-state index is 0.0507. The fraction of sp³-hybridized carbons (Fsp3) is 0.150. The predicted molar refractivity (Wildman–Crippen MR) is 516 cm³/mol. The SMILES string of the molecule is CCc1cc(CC)cc(-c2ccccc2N[C@@H](c2ccccc2)[C@@H](N)c2ccccc2)c1.COc1cc(C)cc(-c2ccccc2N[C@@H](c2ccccc2)[C@@H](N)c2ccccc2)c1.Cc1cc(C)cc(-c2ccccc2N[C@@H](c2ccccc2)[C@@H](N)c2ccccc2)c1.Cc1ccc(-c2ccccc2N[C@@H](c2ccccc2)[C@@H](N)c2ccccc2)cc1. The number of benzene rings is 16. The Morgan fingerprint density at radius 2 is 0.451 bits per heavy atom. The molecule has 9 nitrogen and oxygen atoms in total. The number of nitrogens with one attached hydrogen (secondary N) is 4. The number of nitrogens with two attached hydrogens (primary N) is 4. The fourth-order valence-corrected chi connectivity index (χ4v) is 16.0. The summed E-state index contributed by atoms with van der Waals surface area (Å²) in [5.41, 5.74) is 57.7.